The summed E-state index contributed by atoms with van der Waals surface area (Å²) in [7, 11) is 0. The molecular weight excluding hydrogens is 216 g/mol. The average Bonchev–Trinajstić information content (AvgIpc) is 2.80. The van der Waals surface area contributed by atoms with Crippen LogP contribution in [0, 0.1) is 18.3 Å². The molecule has 4 heteroatoms. The van der Waals surface area contributed by atoms with Crippen molar-refractivity contribution in [3.63, 3.8) is 0 Å². The molecular formula is C13H14N2O2. The standard InChI is InChI=1S/C13H14N2O2/c1-9-6-10(8-14)7-11(13(16)17)12(9)15-4-2-3-5-15/h6-7H,2-5H2,1H3,(H,16,17). The summed E-state index contributed by atoms with van der Waals surface area (Å²) in [5, 5.41) is 18.1. The van der Waals surface area contributed by atoms with E-state index in [-0.39, 0.29) is 5.56 Å². The predicted molar refractivity (Wildman–Crippen MR) is 64.3 cm³/mol. The summed E-state index contributed by atoms with van der Waals surface area (Å²) in [6.07, 6.45) is 2.19. The topological polar surface area (TPSA) is 64.3 Å². The Kier molecular flexibility index (Phi) is 3.01. The third-order valence-corrected chi connectivity index (χ3v) is 3.08. The molecule has 4 nitrogen and oxygen atoms in total. The summed E-state index contributed by atoms with van der Waals surface area (Å²) >= 11 is 0. The number of hydrogen-bond donors (Lipinski definition) is 1. The highest BCUT2D eigenvalue weighted by Crippen LogP contribution is 2.29. The molecule has 88 valence electrons. The Balaban J connectivity index is 2.56. The maximum atomic E-state index is 11.3. The van der Waals surface area contributed by atoms with Gasteiger partial charge in [-0.2, -0.15) is 5.26 Å². The summed E-state index contributed by atoms with van der Waals surface area (Å²) in [5.41, 5.74) is 2.28. The summed E-state index contributed by atoms with van der Waals surface area (Å²) in [4.78, 5) is 13.4. The molecule has 1 heterocycles. The lowest BCUT2D eigenvalue weighted by molar-refractivity contribution is 0.0697. The van der Waals surface area contributed by atoms with Crippen LogP contribution < -0.4 is 4.90 Å². The van der Waals surface area contributed by atoms with Gasteiger partial charge in [-0.25, -0.2) is 4.79 Å². The lowest BCUT2D eigenvalue weighted by Gasteiger charge is -2.22. The van der Waals surface area contributed by atoms with Gasteiger partial charge in [0.05, 0.1) is 22.9 Å². The first-order valence-corrected chi connectivity index (χ1v) is 5.66. The Morgan fingerprint density at radius 2 is 2.06 bits per heavy atom. The summed E-state index contributed by atoms with van der Waals surface area (Å²) in [5.74, 6) is -0.966. The number of rotatable bonds is 2. The number of aryl methyl sites for hydroxylation is 1. The third kappa shape index (κ3) is 2.09. The quantitative estimate of drug-likeness (QED) is 0.845. The Labute approximate surface area is 100 Å². The van der Waals surface area contributed by atoms with Crippen molar-refractivity contribution in [1.82, 2.24) is 0 Å². The highest BCUT2D eigenvalue weighted by atomic mass is 16.4. The molecule has 0 aromatic heterocycles. The van der Waals surface area contributed by atoms with Gasteiger partial charge in [0.2, 0.25) is 0 Å². The van der Waals surface area contributed by atoms with Gasteiger partial charge in [-0.3, -0.25) is 0 Å². The molecule has 1 aliphatic heterocycles. The van der Waals surface area contributed by atoms with Gasteiger partial charge >= 0.3 is 5.97 Å². The number of hydrogen-bond acceptors (Lipinski definition) is 3. The van der Waals surface area contributed by atoms with Gasteiger partial charge in [0.1, 0.15) is 0 Å². The molecule has 1 aromatic rings. The zero-order chi connectivity index (χ0) is 12.4. The normalized spacial score (nSPS) is 14.7. The van der Waals surface area contributed by atoms with Crippen molar-refractivity contribution in [1.29, 1.82) is 5.26 Å². The molecule has 0 saturated carbocycles. The van der Waals surface area contributed by atoms with Crippen molar-refractivity contribution >= 4 is 11.7 Å². The van der Waals surface area contributed by atoms with E-state index < -0.39 is 5.97 Å². The van der Waals surface area contributed by atoms with Crippen LogP contribution in [0.15, 0.2) is 12.1 Å². The fourth-order valence-electron chi connectivity index (χ4n) is 2.37. The first-order chi connectivity index (χ1) is 8.13. The first kappa shape index (κ1) is 11.5. The molecule has 17 heavy (non-hydrogen) atoms. The number of anilines is 1. The molecule has 1 N–H and O–H groups in total. The van der Waals surface area contributed by atoms with E-state index in [4.69, 9.17) is 5.26 Å². The van der Waals surface area contributed by atoms with Crippen LogP contribution in [0.2, 0.25) is 0 Å². The molecule has 2 rings (SSSR count). The number of carbonyl (C=O) groups is 1. The van der Waals surface area contributed by atoms with Gasteiger partial charge in [-0.15, -0.1) is 0 Å². The van der Waals surface area contributed by atoms with Crippen LogP contribution in [-0.2, 0) is 0 Å². The highest BCUT2D eigenvalue weighted by Gasteiger charge is 2.21. The second-order valence-corrected chi connectivity index (χ2v) is 4.30. The van der Waals surface area contributed by atoms with Gasteiger partial charge in [-0.1, -0.05) is 0 Å². The van der Waals surface area contributed by atoms with Crippen molar-refractivity contribution in [2.45, 2.75) is 19.8 Å². The van der Waals surface area contributed by atoms with Crippen molar-refractivity contribution in [3.8, 4) is 6.07 Å². The summed E-state index contributed by atoms with van der Waals surface area (Å²) in [6, 6.07) is 5.21. The van der Waals surface area contributed by atoms with E-state index in [1.54, 1.807) is 6.07 Å². The molecule has 0 radical (unpaired) electrons. The fraction of sp³-hybridized carbons (Fsp3) is 0.385. The molecule has 1 aromatic carbocycles. The Morgan fingerprint density at radius 1 is 1.41 bits per heavy atom. The number of carboxylic acids is 1. The van der Waals surface area contributed by atoms with E-state index in [1.807, 2.05) is 13.0 Å². The van der Waals surface area contributed by atoms with Crippen molar-refractivity contribution in [2.24, 2.45) is 0 Å². The molecule has 0 amide bonds. The third-order valence-electron chi connectivity index (χ3n) is 3.08. The molecule has 1 saturated heterocycles. The van der Waals surface area contributed by atoms with E-state index in [0.29, 0.717) is 5.56 Å². The molecule has 1 aliphatic rings. The van der Waals surface area contributed by atoms with E-state index in [2.05, 4.69) is 4.90 Å². The molecule has 0 spiro atoms. The average molecular weight is 230 g/mol. The highest BCUT2D eigenvalue weighted by molar-refractivity contribution is 5.96. The van der Waals surface area contributed by atoms with E-state index in [0.717, 1.165) is 37.2 Å². The number of carboxylic acid groups (broad SMARTS) is 1. The van der Waals surface area contributed by atoms with Crippen molar-refractivity contribution in [3.05, 3.63) is 28.8 Å². The molecule has 0 unspecified atom stereocenters. The maximum Gasteiger partial charge on any atom is 0.337 e. The van der Waals surface area contributed by atoms with Crippen LogP contribution in [0.1, 0.15) is 34.3 Å². The van der Waals surface area contributed by atoms with Gasteiger partial charge < -0.3 is 10.0 Å². The lowest BCUT2D eigenvalue weighted by atomic mass is 10.0. The molecule has 1 fully saturated rings. The second-order valence-electron chi connectivity index (χ2n) is 4.30. The maximum absolute atomic E-state index is 11.3. The number of nitriles is 1. The van der Waals surface area contributed by atoms with Crippen LogP contribution in [0.25, 0.3) is 0 Å². The smallest absolute Gasteiger partial charge is 0.337 e. The van der Waals surface area contributed by atoms with Gasteiger partial charge in [-0.05, 0) is 37.5 Å². The summed E-state index contributed by atoms with van der Waals surface area (Å²) < 4.78 is 0. The van der Waals surface area contributed by atoms with Gasteiger partial charge in [0.25, 0.3) is 0 Å². The SMILES string of the molecule is Cc1cc(C#N)cc(C(=O)O)c1N1CCCC1. The fourth-order valence-corrected chi connectivity index (χ4v) is 2.37. The van der Waals surface area contributed by atoms with Crippen molar-refractivity contribution in [2.75, 3.05) is 18.0 Å². The van der Waals surface area contributed by atoms with Crippen LogP contribution in [0.5, 0.6) is 0 Å². The second kappa shape index (κ2) is 4.46. The Bertz CT molecular complexity index is 497. The molecule has 0 aliphatic carbocycles. The minimum Gasteiger partial charge on any atom is -0.478 e. The number of benzene rings is 1. The lowest BCUT2D eigenvalue weighted by Crippen LogP contribution is -2.22. The largest absolute Gasteiger partial charge is 0.478 e. The van der Waals surface area contributed by atoms with Crippen molar-refractivity contribution < 1.29 is 9.90 Å². The Morgan fingerprint density at radius 3 is 2.59 bits per heavy atom. The van der Waals surface area contributed by atoms with Gasteiger partial charge in [0, 0.05) is 13.1 Å². The number of nitrogens with zero attached hydrogens (tertiary/aromatic N) is 2. The van der Waals surface area contributed by atoms with E-state index >= 15 is 0 Å². The predicted octanol–water partition coefficient (Wildman–Crippen LogP) is 2.17. The first-order valence-electron chi connectivity index (χ1n) is 5.66. The van der Waals surface area contributed by atoms with E-state index in [9.17, 15) is 9.90 Å². The minimum absolute atomic E-state index is 0.239. The molecule has 0 bridgehead atoms. The number of aromatic carboxylic acids is 1. The minimum atomic E-state index is -0.966. The van der Waals surface area contributed by atoms with Crippen LogP contribution >= 0.6 is 0 Å². The van der Waals surface area contributed by atoms with Crippen LogP contribution in [0.4, 0.5) is 5.69 Å². The zero-order valence-corrected chi connectivity index (χ0v) is 9.73. The van der Waals surface area contributed by atoms with E-state index in [1.165, 1.54) is 6.07 Å². The van der Waals surface area contributed by atoms with Crippen LogP contribution in [-0.4, -0.2) is 24.2 Å². The molecule has 0 atom stereocenters. The Hall–Kier alpha value is -2.02. The van der Waals surface area contributed by atoms with Gasteiger partial charge in [0.15, 0.2) is 0 Å². The van der Waals surface area contributed by atoms with Crippen LogP contribution in [0.3, 0.4) is 0 Å². The summed E-state index contributed by atoms with van der Waals surface area (Å²) in [6.45, 7) is 3.65. The monoisotopic (exact) mass is 230 g/mol. The zero-order valence-electron chi connectivity index (χ0n) is 9.73.